The number of aromatic hydroxyl groups is 1. The number of nitrogens with two attached hydrogens (primary N) is 4. The van der Waals surface area contributed by atoms with E-state index < -0.39 is 90.1 Å². The number of benzene rings is 2. The number of phenolic OH excluding ortho intramolecular Hbond substituents is 1. The molecule has 65 heavy (non-hydrogen) atoms. The first-order valence-corrected chi connectivity index (χ1v) is 21.5. The molecule has 0 unspecified atom stereocenters. The van der Waals surface area contributed by atoms with Crippen molar-refractivity contribution in [1.82, 2.24) is 36.5 Å². The average Bonchev–Trinajstić information content (AvgIpc) is 3.92. The molecule has 2 aromatic carbocycles. The van der Waals surface area contributed by atoms with Crippen LogP contribution < -0.4 is 54.3 Å². The summed E-state index contributed by atoms with van der Waals surface area (Å²) in [5.74, 6) is -5.79. The molecule has 6 amide bonds. The highest BCUT2D eigenvalue weighted by molar-refractivity contribution is 5.98. The monoisotopic (exact) mass is 904 g/mol. The van der Waals surface area contributed by atoms with Gasteiger partial charge in [-0.15, -0.1) is 0 Å². The Morgan fingerprint density at radius 1 is 0.908 bits per heavy atom. The molecule has 22 heteroatoms. The molecule has 2 aliphatic heterocycles. The van der Waals surface area contributed by atoms with E-state index in [-0.39, 0.29) is 62.7 Å². The Bertz CT molecular complexity index is 2260. The van der Waals surface area contributed by atoms with E-state index in [2.05, 4.69) is 36.6 Å². The van der Waals surface area contributed by atoms with Crippen LogP contribution in [0.4, 0.5) is 0 Å². The van der Waals surface area contributed by atoms with Crippen molar-refractivity contribution in [3.8, 4) is 11.5 Å². The fraction of sp³-hybridized carbons (Fsp3) is 0.488. The molecular weight excluding hydrogens is 845 g/mol. The Morgan fingerprint density at radius 3 is 2.32 bits per heavy atom. The summed E-state index contributed by atoms with van der Waals surface area (Å²) in [6, 6.07) is 4.59. The zero-order valence-electron chi connectivity index (χ0n) is 36.4. The van der Waals surface area contributed by atoms with E-state index in [1.807, 2.05) is 24.3 Å². The first-order valence-electron chi connectivity index (χ1n) is 21.5. The number of phenols is 1. The topological polar surface area (TPSA) is 365 Å². The average molecular weight is 905 g/mol. The van der Waals surface area contributed by atoms with Crippen LogP contribution in [0.1, 0.15) is 81.2 Å². The lowest BCUT2D eigenvalue weighted by Gasteiger charge is -2.33. The largest absolute Gasteiger partial charge is 0.504 e. The highest BCUT2D eigenvalue weighted by atomic mass is 16.5. The molecule has 2 aliphatic rings. The van der Waals surface area contributed by atoms with Crippen molar-refractivity contribution in [2.75, 3.05) is 26.7 Å². The highest BCUT2D eigenvalue weighted by Crippen LogP contribution is 2.38. The van der Waals surface area contributed by atoms with Crippen LogP contribution >= 0.6 is 0 Å². The van der Waals surface area contributed by atoms with Crippen LogP contribution in [-0.2, 0) is 40.0 Å². The highest BCUT2D eigenvalue weighted by Gasteiger charge is 2.40. The van der Waals surface area contributed by atoms with Gasteiger partial charge in [0.15, 0.2) is 17.5 Å². The van der Waals surface area contributed by atoms with Crippen molar-refractivity contribution >= 4 is 58.3 Å². The third-order valence-corrected chi connectivity index (χ3v) is 11.5. The number of carbonyl (C=O) groups excluding carboxylic acids is 6. The predicted octanol–water partition coefficient (Wildman–Crippen LogP) is -1.42. The molecule has 1 aromatic heterocycles. The van der Waals surface area contributed by atoms with Gasteiger partial charge in [-0.05, 0) is 94.2 Å². The van der Waals surface area contributed by atoms with Crippen molar-refractivity contribution in [2.45, 2.75) is 107 Å². The number of H-pyrrole nitrogens is 1. The second kappa shape index (κ2) is 22.6. The number of nitrogens with zero attached hydrogens (tertiary/aromatic N) is 2. The van der Waals surface area contributed by atoms with Crippen molar-refractivity contribution < 1.29 is 48.5 Å². The van der Waals surface area contributed by atoms with E-state index in [0.717, 1.165) is 22.2 Å². The fourth-order valence-electron chi connectivity index (χ4n) is 8.18. The lowest BCUT2D eigenvalue weighted by atomic mass is 9.89. The number of aliphatic carboxylic acids is 1. The minimum Gasteiger partial charge on any atom is -0.504 e. The van der Waals surface area contributed by atoms with E-state index >= 15 is 0 Å². The Morgan fingerprint density at radius 2 is 1.63 bits per heavy atom. The first kappa shape index (κ1) is 49.1. The van der Waals surface area contributed by atoms with Gasteiger partial charge in [-0.1, -0.05) is 24.3 Å². The van der Waals surface area contributed by atoms with Gasteiger partial charge in [-0.3, -0.25) is 39.1 Å². The molecule has 0 spiro atoms. The van der Waals surface area contributed by atoms with E-state index in [4.69, 9.17) is 27.7 Å². The molecular formula is C43H60N12O10. The number of guanidine groups is 1. The summed E-state index contributed by atoms with van der Waals surface area (Å²) in [4.78, 5) is 102. The molecule has 1 fully saturated rings. The Hall–Kier alpha value is -6.94. The number of methoxy groups -OCH3 is 1. The maximum Gasteiger partial charge on any atom is 0.326 e. The molecule has 16 N–H and O–H groups in total. The number of aromatic amines is 1. The normalized spacial score (nSPS) is 18.6. The SMILES string of the molecule is COc1cc([C@H]2N[C@H](C(=O)N[C@@H](CC(N)=O)C(=O)N[C@@H](CCCN=C(N)N)C(=O)N3CCC[C@H]3C(=O)N[C@@H](C)C(=O)N[C@@H](CCCCN)C(=O)O)Cc3c2[nH]c2ccccc32)ccc1O. The molecule has 1 saturated heterocycles. The summed E-state index contributed by atoms with van der Waals surface area (Å²) in [5, 5.41) is 34.5. The predicted molar refractivity (Wildman–Crippen MR) is 238 cm³/mol. The van der Waals surface area contributed by atoms with Gasteiger partial charge >= 0.3 is 5.97 Å². The number of hydrogen-bond donors (Lipinski definition) is 12. The number of aromatic nitrogens is 1. The number of para-hydroxylation sites is 1. The number of nitrogens with one attached hydrogen (secondary N) is 6. The van der Waals surface area contributed by atoms with Crippen LogP contribution in [0.5, 0.6) is 11.5 Å². The van der Waals surface area contributed by atoms with Crippen LogP contribution in [0.3, 0.4) is 0 Å². The Balaban J connectivity index is 1.33. The molecule has 352 valence electrons. The zero-order chi connectivity index (χ0) is 47.4. The number of amides is 6. The molecule has 0 aliphatic carbocycles. The van der Waals surface area contributed by atoms with Crippen LogP contribution in [0.2, 0.25) is 0 Å². The maximum atomic E-state index is 14.3. The van der Waals surface area contributed by atoms with Crippen LogP contribution in [0.25, 0.3) is 10.9 Å². The number of carboxylic acids is 1. The Labute approximate surface area is 375 Å². The molecule has 0 radical (unpaired) electrons. The van der Waals surface area contributed by atoms with Gasteiger partial charge in [-0.25, -0.2) is 4.79 Å². The van der Waals surface area contributed by atoms with Crippen molar-refractivity contribution in [1.29, 1.82) is 0 Å². The lowest BCUT2D eigenvalue weighted by molar-refractivity contribution is -0.143. The van der Waals surface area contributed by atoms with Gasteiger partial charge < -0.3 is 69.0 Å². The minimum atomic E-state index is -1.53. The second-order valence-corrected chi connectivity index (χ2v) is 16.2. The van der Waals surface area contributed by atoms with Crippen LogP contribution in [-0.4, -0.2) is 130 Å². The van der Waals surface area contributed by atoms with Gasteiger partial charge in [-0.2, -0.15) is 0 Å². The fourth-order valence-corrected chi connectivity index (χ4v) is 8.18. The van der Waals surface area contributed by atoms with Crippen molar-refractivity contribution in [3.05, 3.63) is 59.3 Å². The number of rotatable bonds is 22. The standard InChI is InChI=1S/C43H60N12O10/c1-22(37(58)53-28(42(63)64)11-5-6-16-44)49-40(61)31-13-8-18-55(31)41(62)27(12-7-17-48-43(46)47)52-39(60)30(21-34(45)57)54-38(59)29-20-25-24-9-3-4-10-26(24)50-36(25)35(51-29)23-14-15-32(56)33(19-23)65-2/h3-4,9-10,14-15,19,22,27-31,35,50-51,56H,5-8,11-13,16-18,20-21,44H2,1-2H3,(H2,45,57)(H,49,61)(H,52,60)(H,53,58)(H,54,59)(H,63,64)(H4,46,47,48)/t22-,27-,28-,29-,30-,31-,35+/m0/s1. The minimum absolute atomic E-state index is 0.0196. The number of unbranched alkanes of at least 4 members (excludes halogenated alkanes) is 1. The van der Waals surface area contributed by atoms with E-state index in [1.165, 1.54) is 25.0 Å². The summed E-state index contributed by atoms with van der Waals surface area (Å²) in [5.41, 5.74) is 25.2. The number of carbonyl (C=O) groups is 7. The van der Waals surface area contributed by atoms with Crippen LogP contribution in [0, 0.1) is 0 Å². The third kappa shape index (κ3) is 12.6. The van der Waals surface area contributed by atoms with E-state index in [1.54, 1.807) is 12.1 Å². The number of hydrogen-bond acceptors (Lipinski definition) is 12. The third-order valence-electron chi connectivity index (χ3n) is 11.5. The summed E-state index contributed by atoms with van der Waals surface area (Å²) in [6.07, 6.45) is 1.55. The number of likely N-dealkylation sites (tertiary alicyclic amines) is 1. The van der Waals surface area contributed by atoms with Gasteiger partial charge in [0.25, 0.3) is 0 Å². The van der Waals surface area contributed by atoms with Gasteiger partial charge in [0.2, 0.25) is 35.4 Å². The number of carboxylic acid groups (broad SMARTS) is 1. The summed E-state index contributed by atoms with van der Waals surface area (Å²) in [7, 11) is 1.42. The quantitative estimate of drug-likeness (QED) is 0.0313. The molecule has 3 aromatic rings. The molecule has 5 rings (SSSR count). The molecule has 3 heterocycles. The summed E-state index contributed by atoms with van der Waals surface area (Å²) < 4.78 is 5.35. The number of fused-ring (bicyclic) bond motifs is 3. The van der Waals surface area contributed by atoms with E-state index in [9.17, 15) is 43.8 Å². The number of aliphatic imine (C=N–C) groups is 1. The van der Waals surface area contributed by atoms with Crippen LogP contribution in [0.15, 0.2) is 47.5 Å². The number of ether oxygens (including phenoxy) is 1. The molecule has 22 nitrogen and oxygen atoms in total. The van der Waals surface area contributed by atoms with Gasteiger partial charge in [0, 0.05) is 29.7 Å². The smallest absolute Gasteiger partial charge is 0.326 e. The first-order chi connectivity index (χ1) is 31.0. The van der Waals surface area contributed by atoms with Gasteiger partial charge in [0.05, 0.1) is 25.6 Å². The number of primary amides is 1. The molecule has 7 atom stereocenters. The Kier molecular flexibility index (Phi) is 17.1. The molecule has 0 saturated carbocycles. The molecule has 0 bridgehead atoms. The van der Waals surface area contributed by atoms with Crippen molar-refractivity contribution in [3.63, 3.8) is 0 Å². The van der Waals surface area contributed by atoms with Crippen molar-refractivity contribution in [2.24, 2.45) is 27.9 Å². The maximum absolute atomic E-state index is 14.3. The summed E-state index contributed by atoms with van der Waals surface area (Å²) in [6.45, 7) is 1.96. The van der Waals surface area contributed by atoms with E-state index in [0.29, 0.717) is 31.4 Å². The second-order valence-electron chi connectivity index (χ2n) is 16.2. The van der Waals surface area contributed by atoms with Gasteiger partial charge in [0.1, 0.15) is 30.2 Å². The zero-order valence-corrected chi connectivity index (χ0v) is 36.4. The lowest BCUT2D eigenvalue weighted by Crippen LogP contribution is -2.59. The summed E-state index contributed by atoms with van der Waals surface area (Å²) >= 11 is 0.